The highest BCUT2D eigenvalue weighted by Crippen LogP contribution is 2.29. The summed E-state index contributed by atoms with van der Waals surface area (Å²) < 4.78 is 5.84. The zero-order chi connectivity index (χ0) is 13.1. The summed E-state index contributed by atoms with van der Waals surface area (Å²) in [5.74, 6) is 0.119. The predicted molar refractivity (Wildman–Crippen MR) is 73.4 cm³/mol. The monoisotopic (exact) mass is 327 g/mol. The molecule has 2 N–H and O–H groups in total. The molecule has 0 spiro atoms. The number of carbonyl (C=O) groups is 1. The smallest absolute Gasteiger partial charge is 0.343 e. The van der Waals surface area contributed by atoms with Crippen molar-refractivity contribution in [2.24, 2.45) is 0 Å². The summed E-state index contributed by atoms with van der Waals surface area (Å²) in [5, 5.41) is 0. The van der Waals surface area contributed by atoms with E-state index < -0.39 is 5.97 Å². The number of esters is 1. The molecule has 0 radical (unpaired) electrons. The topological polar surface area (TPSA) is 78.1 Å². The van der Waals surface area contributed by atoms with Gasteiger partial charge in [0.05, 0.1) is 15.3 Å². The van der Waals surface area contributed by atoms with E-state index in [4.69, 9.17) is 10.5 Å². The lowest BCUT2D eigenvalue weighted by Gasteiger charge is -2.05. The van der Waals surface area contributed by atoms with Crippen molar-refractivity contribution in [1.82, 2.24) is 9.97 Å². The fourth-order valence-electron chi connectivity index (χ4n) is 1.31. The molecule has 0 amide bonds. The minimum absolute atomic E-state index is 0.128. The number of hydrogen-bond donors (Lipinski definition) is 1. The van der Waals surface area contributed by atoms with Gasteiger partial charge in [-0.1, -0.05) is 0 Å². The van der Waals surface area contributed by atoms with Crippen molar-refractivity contribution in [1.29, 1.82) is 0 Å². The third-order valence-corrected chi connectivity index (χ3v) is 3.73. The summed E-state index contributed by atoms with van der Waals surface area (Å²) >= 11 is 4.86. The predicted octanol–water partition coefficient (Wildman–Crippen LogP) is 2.73. The van der Waals surface area contributed by atoms with Gasteiger partial charge in [-0.05, 0) is 35.0 Å². The molecule has 0 bridgehead atoms. The molecule has 0 saturated carbocycles. The zero-order valence-electron chi connectivity index (χ0n) is 9.51. The van der Waals surface area contributed by atoms with Gasteiger partial charge in [0.25, 0.3) is 0 Å². The van der Waals surface area contributed by atoms with Crippen LogP contribution in [0.1, 0.15) is 17.3 Å². The van der Waals surface area contributed by atoms with Crippen LogP contribution in [-0.2, 0) is 4.74 Å². The van der Waals surface area contributed by atoms with Gasteiger partial charge in [-0.25, -0.2) is 14.8 Å². The van der Waals surface area contributed by atoms with Crippen molar-refractivity contribution < 1.29 is 9.53 Å². The van der Waals surface area contributed by atoms with E-state index in [1.165, 1.54) is 17.5 Å². The van der Waals surface area contributed by atoms with Crippen LogP contribution >= 0.6 is 27.3 Å². The molecule has 0 saturated heterocycles. The first-order valence-electron chi connectivity index (χ1n) is 5.17. The van der Waals surface area contributed by atoms with Crippen LogP contribution in [0.3, 0.4) is 0 Å². The Morgan fingerprint density at radius 3 is 2.89 bits per heavy atom. The highest BCUT2D eigenvalue weighted by molar-refractivity contribution is 9.11. The SMILES string of the molecule is CCOC(=O)c1cnc(-c2ccc(Br)s2)nc1N. The third kappa shape index (κ3) is 2.68. The van der Waals surface area contributed by atoms with Crippen molar-refractivity contribution in [2.45, 2.75) is 6.92 Å². The Bertz CT molecular complexity index is 585. The number of ether oxygens (including phenoxy) is 1. The van der Waals surface area contributed by atoms with Gasteiger partial charge in [0.15, 0.2) is 5.82 Å². The number of anilines is 1. The van der Waals surface area contributed by atoms with E-state index in [1.54, 1.807) is 6.92 Å². The molecule has 2 aromatic heterocycles. The van der Waals surface area contributed by atoms with Crippen LogP contribution in [0.5, 0.6) is 0 Å². The van der Waals surface area contributed by atoms with Crippen molar-refractivity contribution in [3.05, 3.63) is 27.7 Å². The number of nitrogens with zero attached hydrogens (tertiary/aromatic N) is 2. The standard InChI is InChI=1S/C11H10BrN3O2S/c1-2-17-11(16)6-5-14-10(15-9(6)13)7-3-4-8(12)18-7/h3-5H,2H2,1H3,(H2,13,14,15). The second kappa shape index (κ2) is 5.45. The maximum absolute atomic E-state index is 11.5. The first-order chi connectivity index (χ1) is 8.61. The molecular formula is C11H10BrN3O2S. The normalized spacial score (nSPS) is 10.3. The summed E-state index contributed by atoms with van der Waals surface area (Å²) in [7, 11) is 0. The Hall–Kier alpha value is -1.47. The number of aromatic nitrogens is 2. The van der Waals surface area contributed by atoms with E-state index >= 15 is 0 Å². The molecule has 5 nitrogen and oxygen atoms in total. The van der Waals surface area contributed by atoms with Crippen molar-refractivity contribution >= 4 is 39.1 Å². The fourth-order valence-corrected chi connectivity index (χ4v) is 2.64. The summed E-state index contributed by atoms with van der Waals surface area (Å²) in [6.07, 6.45) is 1.39. The van der Waals surface area contributed by atoms with Crippen molar-refractivity contribution in [2.75, 3.05) is 12.3 Å². The molecule has 0 unspecified atom stereocenters. The summed E-state index contributed by atoms with van der Waals surface area (Å²) in [6, 6.07) is 3.78. The van der Waals surface area contributed by atoms with Crippen LogP contribution in [-0.4, -0.2) is 22.5 Å². The van der Waals surface area contributed by atoms with E-state index in [0.717, 1.165) is 8.66 Å². The highest BCUT2D eigenvalue weighted by Gasteiger charge is 2.14. The molecular weight excluding hydrogens is 318 g/mol. The maximum atomic E-state index is 11.5. The van der Waals surface area contributed by atoms with Gasteiger partial charge < -0.3 is 10.5 Å². The number of halogens is 1. The summed E-state index contributed by atoms with van der Waals surface area (Å²) in [5.41, 5.74) is 5.93. The van der Waals surface area contributed by atoms with Crippen molar-refractivity contribution in [3.63, 3.8) is 0 Å². The molecule has 18 heavy (non-hydrogen) atoms. The summed E-state index contributed by atoms with van der Waals surface area (Å²) in [6.45, 7) is 2.02. The van der Waals surface area contributed by atoms with Crippen LogP contribution in [0.15, 0.2) is 22.1 Å². The number of rotatable bonds is 3. The Kier molecular flexibility index (Phi) is 3.93. The highest BCUT2D eigenvalue weighted by atomic mass is 79.9. The van der Waals surface area contributed by atoms with E-state index in [-0.39, 0.29) is 18.0 Å². The van der Waals surface area contributed by atoms with Crippen LogP contribution in [0.2, 0.25) is 0 Å². The average molecular weight is 328 g/mol. The number of hydrogen-bond acceptors (Lipinski definition) is 6. The van der Waals surface area contributed by atoms with Gasteiger partial charge in [-0.3, -0.25) is 0 Å². The quantitative estimate of drug-likeness (QED) is 0.877. The lowest BCUT2D eigenvalue weighted by molar-refractivity contribution is 0.0527. The number of thiophene rings is 1. The van der Waals surface area contributed by atoms with Gasteiger partial charge in [0, 0.05) is 6.20 Å². The van der Waals surface area contributed by atoms with Crippen LogP contribution < -0.4 is 5.73 Å². The van der Waals surface area contributed by atoms with E-state index in [1.807, 2.05) is 12.1 Å². The number of carbonyl (C=O) groups excluding carboxylic acids is 1. The molecule has 0 aliphatic rings. The molecule has 0 aromatic carbocycles. The second-order valence-corrected chi connectivity index (χ2v) is 5.78. The average Bonchev–Trinajstić information content (AvgIpc) is 2.76. The van der Waals surface area contributed by atoms with E-state index in [0.29, 0.717) is 5.82 Å². The molecule has 0 aliphatic carbocycles. The first-order valence-corrected chi connectivity index (χ1v) is 6.78. The fraction of sp³-hybridized carbons (Fsp3) is 0.182. The first kappa shape index (κ1) is 13.0. The minimum atomic E-state index is -0.506. The molecule has 2 aromatic rings. The Balaban J connectivity index is 2.33. The zero-order valence-corrected chi connectivity index (χ0v) is 11.9. The molecule has 2 heterocycles. The van der Waals surface area contributed by atoms with Crippen LogP contribution in [0, 0.1) is 0 Å². The lowest BCUT2D eigenvalue weighted by Crippen LogP contribution is -2.10. The number of nitrogens with two attached hydrogens (primary N) is 1. The molecule has 0 atom stereocenters. The van der Waals surface area contributed by atoms with Crippen molar-refractivity contribution in [3.8, 4) is 10.7 Å². The Morgan fingerprint density at radius 2 is 2.33 bits per heavy atom. The van der Waals surface area contributed by atoms with Gasteiger partial charge >= 0.3 is 5.97 Å². The van der Waals surface area contributed by atoms with Gasteiger partial charge in [0.1, 0.15) is 11.4 Å². The maximum Gasteiger partial charge on any atom is 0.343 e. The molecule has 94 valence electrons. The van der Waals surface area contributed by atoms with Gasteiger partial charge in [0.2, 0.25) is 0 Å². The largest absolute Gasteiger partial charge is 0.462 e. The minimum Gasteiger partial charge on any atom is -0.462 e. The molecule has 0 aliphatic heterocycles. The molecule has 0 fully saturated rings. The molecule has 7 heteroatoms. The van der Waals surface area contributed by atoms with E-state index in [2.05, 4.69) is 25.9 Å². The van der Waals surface area contributed by atoms with Gasteiger partial charge in [-0.15, -0.1) is 11.3 Å². The Morgan fingerprint density at radius 1 is 1.56 bits per heavy atom. The third-order valence-electron chi connectivity index (χ3n) is 2.11. The van der Waals surface area contributed by atoms with Crippen LogP contribution in [0.25, 0.3) is 10.7 Å². The molecule has 2 rings (SSSR count). The number of nitrogen functional groups attached to an aromatic ring is 1. The Labute approximate surface area is 116 Å². The summed E-state index contributed by atoms with van der Waals surface area (Å²) in [4.78, 5) is 20.6. The van der Waals surface area contributed by atoms with Gasteiger partial charge in [-0.2, -0.15) is 0 Å². The van der Waals surface area contributed by atoms with E-state index in [9.17, 15) is 4.79 Å². The second-order valence-electron chi connectivity index (χ2n) is 3.32. The lowest BCUT2D eigenvalue weighted by atomic mass is 10.3. The van der Waals surface area contributed by atoms with Crippen LogP contribution in [0.4, 0.5) is 5.82 Å².